The summed E-state index contributed by atoms with van der Waals surface area (Å²) in [5.41, 5.74) is 6.74. The summed E-state index contributed by atoms with van der Waals surface area (Å²) in [5, 5.41) is 7.64. The third kappa shape index (κ3) is 2.87. The summed E-state index contributed by atoms with van der Waals surface area (Å²) < 4.78 is 0. The fraction of sp³-hybridized carbons (Fsp3) is 0. The van der Waals surface area contributed by atoms with Gasteiger partial charge in [-0.15, -0.1) is 0 Å². The van der Waals surface area contributed by atoms with E-state index in [1.165, 1.54) is 49.0 Å². The molecule has 0 fully saturated rings. The lowest BCUT2D eigenvalue weighted by molar-refractivity contribution is 1.17. The molecule has 0 aliphatic heterocycles. The minimum atomic E-state index is 1.00. The Kier molecular flexibility index (Phi) is 4.15. The van der Waals surface area contributed by atoms with Crippen molar-refractivity contribution in [1.82, 2.24) is 15.0 Å². The highest BCUT2D eigenvalue weighted by atomic mass is 14.8. The molecule has 0 bridgehead atoms. The molecule has 2 aromatic heterocycles. The molecule has 0 saturated carbocycles. The zero-order valence-corrected chi connectivity index (χ0v) is 18.3. The first kappa shape index (κ1) is 18.9. The number of benzene rings is 5. The monoisotopic (exact) mass is 433 g/mol. The van der Waals surface area contributed by atoms with Gasteiger partial charge < -0.3 is 0 Å². The van der Waals surface area contributed by atoms with E-state index in [-0.39, 0.29) is 0 Å². The van der Waals surface area contributed by atoms with Crippen LogP contribution >= 0.6 is 0 Å². The molecule has 7 aromatic rings. The summed E-state index contributed by atoms with van der Waals surface area (Å²) in [6, 6.07) is 32.6. The van der Waals surface area contributed by atoms with Gasteiger partial charge in [-0.25, -0.2) is 9.97 Å². The highest BCUT2D eigenvalue weighted by Crippen LogP contribution is 2.42. The molecule has 34 heavy (non-hydrogen) atoms. The summed E-state index contributed by atoms with van der Waals surface area (Å²) in [5.74, 6) is 0. The largest absolute Gasteiger partial charge is 0.256 e. The van der Waals surface area contributed by atoms with Gasteiger partial charge >= 0.3 is 0 Å². The Hall–Kier alpha value is -4.63. The van der Waals surface area contributed by atoms with Crippen molar-refractivity contribution in [3.05, 3.63) is 116 Å². The molecule has 0 atom stereocenters. The van der Waals surface area contributed by atoms with Crippen LogP contribution in [0.15, 0.2) is 116 Å². The first-order valence-electron chi connectivity index (χ1n) is 11.3. The number of hydrogen-bond donors (Lipinski definition) is 0. The van der Waals surface area contributed by atoms with Gasteiger partial charge in [-0.2, -0.15) is 0 Å². The summed E-state index contributed by atoms with van der Waals surface area (Å²) in [4.78, 5) is 12.9. The molecule has 3 heteroatoms. The van der Waals surface area contributed by atoms with Crippen molar-refractivity contribution in [2.24, 2.45) is 0 Å². The quantitative estimate of drug-likeness (QED) is 0.267. The molecular formula is C31H19N3. The van der Waals surface area contributed by atoms with Crippen molar-refractivity contribution < 1.29 is 0 Å². The van der Waals surface area contributed by atoms with Crippen molar-refractivity contribution in [3.8, 4) is 33.5 Å². The average Bonchev–Trinajstić information content (AvgIpc) is 2.92. The normalized spacial score (nSPS) is 11.5. The van der Waals surface area contributed by atoms with E-state index in [9.17, 15) is 0 Å². The Bertz CT molecular complexity index is 1770. The Balaban J connectivity index is 1.46. The van der Waals surface area contributed by atoms with Crippen molar-refractivity contribution in [2.75, 3.05) is 0 Å². The summed E-state index contributed by atoms with van der Waals surface area (Å²) in [6.45, 7) is 0. The lowest BCUT2D eigenvalue weighted by Crippen LogP contribution is -1.90. The maximum absolute atomic E-state index is 4.62. The van der Waals surface area contributed by atoms with E-state index in [4.69, 9.17) is 0 Å². The zero-order chi connectivity index (χ0) is 22.5. The van der Waals surface area contributed by atoms with Crippen LogP contribution in [0.3, 0.4) is 0 Å². The predicted octanol–water partition coefficient (Wildman–Crippen LogP) is 7.77. The van der Waals surface area contributed by atoms with Crippen LogP contribution in [-0.2, 0) is 0 Å². The van der Waals surface area contributed by atoms with Crippen molar-refractivity contribution in [3.63, 3.8) is 0 Å². The fourth-order valence-electron chi connectivity index (χ4n) is 5.09. The maximum Gasteiger partial charge on any atom is 0.115 e. The van der Waals surface area contributed by atoms with Crippen molar-refractivity contribution in [2.45, 2.75) is 0 Å². The van der Waals surface area contributed by atoms with Crippen molar-refractivity contribution >= 4 is 32.3 Å². The van der Waals surface area contributed by atoms with Crippen LogP contribution in [0.25, 0.3) is 65.8 Å². The molecule has 0 N–H and O–H groups in total. The summed E-state index contributed by atoms with van der Waals surface area (Å²) >= 11 is 0. The molecule has 7 rings (SSSR count). The number of rotatable bonds is 3. The van der Waals surface area contributed by atoms with Gasteiger partial charge in [-0.05, 0) is 61.1 Å². The van der Waals surface area contributed by atoms with Gasteiger partial charge in [0.25, 0.3) is 0 Å². The first-order chi connectivity index (χ1) is 16.9. The number of nitrogens with zero attached hydrogens (tertiary/aromatic N) is 3. The first-order valence-corrected chi connectivity index (χ1v) is 11.3. The molecular weight excluding hydrogens is 414 g/mol. The van der Waals surface area contributed by atoms with E-state index in [0.717, 1.165) is 16.8 Å². The topological polar surface area (TPSA) is 38.7 Å². The lowest BCUT2D eigenvalue weighted by atomic mass is 9.88. The van der Waals surface area contributed by atoms with E-state index in [1.807, 2.05) is 30.7 Å². The van der Waals surface area contributed by atoms with Gasteiger partial charge in [-0.1, -0.05) is 78.9 Å². The van der Waals surface area contributed by atoms with Gasteiger partial charge in [0.2, 0.25) is 0 Å². The van der Waals surface area contributed by atoms with Crippen LogP contribution < -0.4 is 0 Å². The molecule has 2 heterocycles. The smallest absolute Gasteiger partial charge is 0.115 e. The maximum atomic E-state index is 4.62. The molecule has 3 nitrogen and oxygen atoms in total. The fourth-order valence-corrected chi connectivity index (χ4v) is 5.09. The van der Waals surface area contributed by atoms with Gasteiger partial charge in [-0.3, -0.25) is 4.98 Å². The number of aromatic nitrogens is 3. The minimum Gasteiger partial charge on any atom is -0.256 e. The molecule has 0 amide bonds. The second-order valence-electron chi connectivity index (χ2n) is 8.57. The summed E-state index contributed by atoms with van der Waals surface area (Å²) in [7, 11) is 0. The Labute approximate surface area is 196 Å². The molecule has 0 unspecified atom stereocenters. The van der Waals surface area contributed by atoms with E-state index in [1.54, 1.807) is 6.33 Å². The summed E-state index contributed by atoms with van der Waals surface area (Å²) in [6.07, 6.45) is 7.10. The molecule has 158 valence electrons. The van der Waals surface area contributed by atoms with Crippen LogP contribution in [0.1, 0.15) is 0 Å². The van der Waals surface area contributed by atoms with Crippen LogP contribution in [0, 0.1) is 0 Å². The second-order valence-corrected chi connectivity index (χ2v) is 8.57. The number of pyridine rings is 1. The van der Waals surface area contributed by atoms with Gasteiger partial charge in [0.15, 0.2) is 0 Å². The standard InChI is InChI=1S/C31H19N3/c1-2-16-34-29(3-1)26-13-9-23-10-14-27-25(12-8-22-11-15-28(26)31(23)30(22)27)21-6-4-20(5-7-21)24-17-32-19-33-18-24/h1-19H. The molecule has 0 saturated heterocycles. The van der Waals surface area contributed by atoms with E-state index < -0.39 is 0 Å². The highest BCUT2D eigenvalue weighted by Gasteiger charge is 2.15. The highest BCUT2D eigenvalue weighted by molar-refractivity contribution is 6.27. The third-order valence-corrected chi connectivity index (χ3v) is 6.70. The van der Waals surface area contributed by atoms with E-state index in [2.05, 4.69) is 93.8 Å². The van der Waals surface area contributed by atoms with Crippen LogP contribution in [0.5, 0.6) is 0 Å². The lowest BCUT2D eigenvalue weighted by Gasteiger charge is -2.16. The molecule has 0 radical (unpaired) electrons. The second kappa shape index (κ2) is 7.46. The van der Waals surface area contributed by atoms with Crippen molar-refractivity contribution in [1.29, 1.82) is 0 Å². The van der Waals surface area contributed by atoms with E-state index >= 15 is 0 Å². The Morgan fingerprint density at radius 3 is 1.76 bits per heavy atom. The van der Waals surface area contributed by atoms with E-state index in [0.29, 0.717) is 0 Å². The zero-order valence-electron chi connectivity index (χ0n) is 18.3. The third-order valence-electron chi connectivity index (χ3n) is 6.70. The molecule has 5 aromatic carbocycles. The minimum absolute atomic E-state index is 1.00. The van der Waals surface area contributed by atoms with Gasteiger partial charge in [0.05, 0.1) is 5.69 Å². The predicted molar refractivity (Wildman–Crippen MR) is 140 cm³/mol. The molecule has 0 aliphatic carbocycles. The molecule has 0 spiro atoms. The van der Waals surface area contributed by atoms with Gasteiger partial charge in [0.1, 0.15) is 6.33 Å². The number of hydrogen-bond acceptors (Lipinski definition) is 3. The van der Waals surface area contributed by atoms with Gasteiger partial charge in [0, 0.05) is 29.7 Å². The van der Waals surface area contributed by atoms with Crippen LogP contribution in [0.4, 0.5) is 0 Å². The van der Waals surface area contributed by atoms with Crippen LogP contribution in [-0.4, -0.2) is 15.0 Å². The van der Waals surface area contributed by atoms with Crippen LogP contribution in [0.2, 0.25) is 0 Å². The average molecular weight is 434 g/mol. The Morgan fingerprint density at radius 1 is 0.471 bits per heavy atom. The Morgan fingerprint density at radius 2 is 1.09 bits per heavy atom. The SMILES string of the molecule is c1ccc(-c2ccc3ccc4c(-c5ccc(-c6cncnc6)cc5)ccc5ccc2c3c54)nc1. The molecule has 0 aliphatic rings.